The Bertz CT molecular complexity index is 672. The van der Waals surface area contributed by atoms with Crippen LogP contribution in [0.25, 0.3) is 21.9 Å². The van der Waals surface area contributed by atoms with E-state index in [1.54, 1.807) is 0 Å². The molecule has 0 aromatic heterocycles. The topological polar surface area (TPSA) is 26.0 Å². The van der Waals surface area contributed by atoms with Gasteiger partial charge in [0.2, 0.25) is 0 Å². The van der Waals surface area contributed by atoms with Crippen LogP contribution in [0, 0.1) is 0 Å². The van der Waals surface area contributed by atoms with E-state index in [1.807, 2.05) is 6.07 Å². The van der Waals surface area contributed by atoms with E-state index in [1.165, 1.54) is 27.5 Å². The molecule has 0 bridgehead atoms. The Kier molecular flexibility index (Phi) is 2.83. The van der Waals surface area contributed by atoms with Crippen LogP contribution in [-0.2, 0) is 6.54 Å². The zero-order valence-electron chi connectivity index (χ0n) is 10.1. The standard InChI is InChI=1S/C17H15N/c18-12-16-8-4-7-14-9-10-15(11-17(14)16)13-5-2-1-3-6-13/h1-11H,12,18H2. The highest BCUT2D eigenvalue weighted by molar-refractivity contribution is 5.89. The van der Waals surface area contributed by atoms with Gasteiger partial charge in [-0.05, 0) is 33.5 Å². The summed E-state index contributed by atoms with van der Waals surface area (Å²) < 4.78 is 0. The SMILES string of the molecule is NCc1cccc2ccc(-c3ccccc3)cc12. The van der Waals surface area contributed by atoms with Crippen LogP contribution < -0.4 is 5.73 Å². The largest absolute Gasteiger partial charge is 0.326 e. The van der Waals surface area contributed by atoms with E-state index < -0.39 is 0 Å². The molecule has 18 heavy (non-hydrogen) atoms. The average molecular weight is 233 g/mol. The number of hydrogen-bond donors (Lipinski definition) is 1. The van der Waals surface area contributed by atoms with Crippen molar-refractivity contribution in [2.45, 2.75) is 6.54 Å². The summed E-state index contributed by atoms with van der Waals surface area (Å²) in [6.45, 7) is 0.579. The number of hydrogen-bond acceptors (Lipinski definition) is 1. The molecule has 0 amide bonds. The molecule has 0 heterocycles. The number of nitrogens with two attached hydrogens (primary N) is 1. The van der Waals surface area contributed by atoms with E-state index in [9.17, 15) is 0 Å². The zero-order chi connectivity index (χ0) is 12.4. The Labute approximate surface area is 107 Å². The molecule has 0 saturated heterocycles. The van der Waals surface area contributed by atoms with Gasteiger partial charge in [0.05, 0.1) is 0 Å². The second-order valence-electron chi connectivity index (χ2n) is 4.42. The molecule has 0 aliphatic rings. The lowest BCUT2D eigenvalue weighted by Gasteiger charge is -2.07. The molecule has 3 aromatic rings. The Hall–Kier alpha value is -2.12. The van der Waals surface area contributed by atoms with E-state index in [0.29, 0.717) is 6.54 Å². The summed E-state index contributed by atoms with van der Waals surface area (Å²) in [6, 6.07) is 23.3. The Balaban J connectivity index is 2.22. The van der Waals surface area contributed by atoms with Gasteiger partial charge >= 0.3 is 0 Å². The van der Waals surface area contributed by atoms with Gasteiger partial charge in [0.1, 0.15) is 0 Å². The number of fused-ring (bicyclic) bond motifs is 1. The Morgan fingerprint density at radius 1 is 0.722 bits per heavy atom. The molecular formula is C17H15N. The van der Waals surface area contributed by atoms with Gasteiger partial charge < -0.3 is 5.73 Å². The van der Waals surface area contributed by atoms with Crippen LogP contribution in [0.3, 0.4) is 0 Å². The first-order valence-electron chi connectivity index (χ1n) is 6.15. The molecule has 1 nitrogen and oxygen atoms in total. The van der Waals surface area contributed by atoms with Crippen LogP contribution in [0.2, 0.25) is 0 Å². The van der Waals surface area contributed by atoms with Gasteiger partial charge in [0.25, 0.3) is 0 Å². The predicted molar refractivity (Wildman–Crippen MR) is 77.3 cm³/mol. The van der Waals surface area contributed by atoms with E-state index in [-0.39, 0.29) is 0 Å². The van der Waals surface area contributed by atoms with E-state index >= 15 is 0 Å². The fourth-order valence-corrected chi connectivity index (χ4v) is 2.33. The Morgan fingerprint density at radius 2 is 1.56 bits per heavy atom. The lowest BCUT2D eigenvalue weighted by atomic mass is 9.98. The summed E-state index contributed by atoms with van der Waals surface area (Å²) in [5.41, 5.74) is 9.49. The average Bonchev–Trinajstić information content (AvgIpc) is 2.47. The quantitative estimate of drug-likeness (QED) is 0.712. The lowest BCUT2D eigenvalue weighted by Crippen LogP contribution is -1.96. The molecule has 0 radical (unpaired) electrons. The van der Waals surface area contributed by atoms with Crippen molar-refractivity contribution in [2.24, 2.45) is 5.73 Å². The van der Waals surface area contributed by atoms with Crippen molar-refractivity contribution >= 4 is 10.8 Å². The highest BCUT2D eigenvalue weighted by atomic mass is 14.5. The third-order valence-electron chi connectivity index (χ3n) is 3.30. The van der Waals surface area contributed by atoms with E-state index in [4.69, 9.17) is 5.73 Å². The second-order valence-corrected chi connectivity index (χ2v) is 4.42. The van der Waals surface area contributed by atoms with E-state index in [0.717, 1.165) is 0 Å². The minimum atomic E-state index is 0.579. The fraction of sp³-hybridized carbons (Fsp3) is 0.0588. The summed E-state index contributed by atoms with van der Waals surface area (Å²) in [6.07, 6.45) is 0. The van der Waals surface area contributed by atoms with Crippen LogP contribution in [0.5, 0.6) is 0 Å². The molecule has 88 valence electrons. The normalized spacial score (nSPS) is 10.7. The van der Waals surface area contributed by atoms with Crippen LogP contribution in [-0.4, -0.2) is 0 Å². The van der Waals surface area contributed by atoms with Gasteiger partial charge in [0.15, 0.2) is 0 Å². The van der Waals surface area contributed by atoms with Gasteiger partial charge in [-0.3, -0.25) is 0 Å². The van der Waals surface area contributed by atoms with Crippen LogP contribution in [0.1, 0.15) is 5.56 Å². The summed E-state index contributed by atoms with van der Waals surface area (Å²) in [4.78, 5) is 0. The molecule has 2 N–H and O–H groups in total. The first-order chi connectivity index (χ1) is 8.88. The van der Waals surface area contributed by atoms with Crippen molar-refractivity contribution in [2.75, 3.05) is 0 Å². The molecule has 1 heteroatoms. The molecule has 0 saturated carbocycles. The molecule has 0 unspecified atom stereocenters. The maximum Gasteiger partial charge on any atom is 0.0184 e. The predicted octanol–water partition coefficient (Wildman–Crippen LogP) is 3.97. The monoisotopic (exact) mass is 233 g/mol. The van der Waals surface area contributed by atoms with Crippen molar-refractivity contribution < 1.29 is 0 Å². The zero-order valence-corrected chi connectivity index (χ0v) is 10.1. The van der Waals surface area contributed by atoms with E-state index in [2.05, 4.69) is 60.7 Å². The number of rotatable bonds is 2. The van der Waals surface area contributed by atoms with Crippen molar-refractivity contribution in [1.82, 2.24) is 0 Å². The van der Waals surface area contributed by atoms with Gasteiger partial charge in [-0.15, -0.1) is 0 Å². The molecular weight excluding hydrogens is 218 g/mol. The van der Waals surface area contributed by atoms with Crippen LogP contribution >= 0.6 is 0 Å². The van der Waals surface area contributed by atoms with Gasteiger partial charge in [-0.25, -0.2) is 0 Å². The molecule has 0 atom stereocenters. The first kappa shape index (κ1) is 11.0. The summed E-state index contributed by atoms with van der Waals surface area (Å²) in [7, 11) is 0. The van der Waals surface area contributed by atoms with Crippen LogP contribution in [0.4, 0.5) is 0 Å². The van der Waals surface area contributed by atoms with Crippen molar-refractivity contribution in [3.63, 3.8) is 0 Å². The third-order valence-corrected chi connectivity index (χ3v) is 3.30. The van der Waals surface area contributed by atoms with Gasteiger partial charge in [0, 0.05) is 6.54 Å². The minimum Gasteiger partial charge on any atom is -0.326 e. The van der Waals surface area contributed by atoms with Crippen molar-refractivity contribution in [1.29, 1.82) is 0 Å². The number of benzene rings is 3. The summed E-state index contributed by atoms with van der Waals surface area (Å²) in [5, 5.41) is 2.50. The summed E-state index contributed by atoms with van der Waals surface area (Å²) in [5.74, 6) is 0. The first-order valence-corrected chi connectivity index (χ1v) is 6.15. The smallest absolute Gasteiger partial charge is 0.0184 e. The molecule has 0 spiro atoms. The highest BCUT2D eigenvalue weighted by Crippen LogP contribution is 2.26. The van der Waals surface area contributed by atoms with Crippen molar-refractivity contribution in [3.8, 4) is 11.1 Å². The molecule has 0 aliphatic heterocycles. The third kappa shape index (κ3) is 1.89. The molecule has 0 fully saturated rings. The van der Waals surface area contributed by atoms with Gasteiger partial charge in [-0.2, -0.15) is 0 Å². The maximum atomic E-state index is 5.80. The van der Waals surface area contributed by atoms with Crippen LogP contribution in [0.15, 0.2) is 66.7 Å². The molecule has 3 rings (SSSR count). The molecule has 3 aromatic carbocycles. The lowest BCUT2D eigenvalue weighted by molar-refractivity contribution is 1.09. The maximum absolute atomic E-state index is 5.80. The van der Waals surface area contributed by atoms with Crippen molar-refractivity contribution in [3.05, 3.63) is 72.3 Å². The Morgan fingerprint density at radius 3 is 2.33 bits per heavy atom. The summed E-state index contributed by atoms with van der Waals surface area (Å²) >= 11 is 0. The second kappa shape index (κ2) is 4.63. The highest BCUT2D eigenvalue weighted by Gasteiger charge is 2.02. The fourth-order valence-electron chi connectivity index (χ4n) is 2.33. The van der Waals surface area contributed by atoms with Gasteiger partial charge in [-0.1, -0.05) is 60.7 Å². The minimum absolute atomic E-state index is 0.579. The molecule has 0 aliphatic carbocycles.